The number of nitrogens with zero attached hydrogens (tertiary/aromatic N) is 2. The molecule has 1 heterocycles. The fourth-order valence-electron chi connectivity index (χ4n) is 1.34. The highest BCUT2D eigenvalue weighted by atomic mass is 32.2. The van der Waals surface area contributed by atoms with Crippen LogP contribution in [0, 0.1) is 0 Å². The summed E-state index contributed by atoms with van der Waals surface area (Å²) in [5, 5.41) is 0. The second-order valence-corrected chi connectivity index (χ2v) is 6.09. The number of hydrogen-bond acceptors (Lipinski definition) is 5. The molecule has 1 rings (SSSR count). The lowest BCUT2D eigenvalue weighted by Crippen LogP contribution is -2.15. The summed E-state index contributed by atoms with van der Waals surface area (Å²) in [4.78, 5) is 7.83. The molecule has 0 bridgehead atoms. The predicted octanol–water partition coefficient (Wildman–Crippen LogP) is 0.691. The van der Waals surface area contributed by atoms with Gasteiger partial charge in [-0.05, 0) is 18.9 Å². The smallest absolute Gasteiger partial charge is 0.150 e. The standard InChI is InChI=1S/C10H17N3O2S/c1-2-16(14,15)7-3-4-9(11)10-5-6-12-8-13-10/h5-6,8-9H,2-4,7,11H2,1H3. The van der Waals surface area contributed by atoms with E-state index in [0.29, 0.717) is 12.8 Å². The van der Waals surface area contributed by atoms with Crippen molar-refractivity contribution in [2.24, 2.45) is 5.73 Å². The molecule has 0 amide bonds. The van der Waals surface area contributed by atoms with Crippen LogP contribution in [0.15, 0.2) is 18.6 Å². The van der Waals surface area contributed by atoms with Crippen LogP contribution in [0.1, 0.15) is 31.5 Å². The van der Waals surface area contributed by atoms with Crippen molar-refractivity contribution >= 4 is 9.84 Å². The maximum absolute atomic E-state index is 11.3. The largest absolute Gasteiger partial charge is 0.323 e. The van der Waals surface area contributed by atoms with Crippen LogP contribution in [0.25, 0.3) is 0 Å². The molecule has 1 aromatic heterocycles. The lowest BCUT2D eigenvalue weighted by molar-refractivity contribution is 0.580. The zero-order chi connectivity index (χ0) is 12.0. The normalized spacial score (nSPS) is 13.6. The van der Waals surface area contributed by atoms with Crippen molar-refractivity contribution in [2.75, 3.05) is 11.5 Å². The summed E-state index contributed by atoms with van der Waals surface area (Å²) >= 11 is 0. The van der Waals surface area contributed by atoms with E-state index in [-0.39, 0.29) is 17.5 Å². The molecule has 90 valence electrons. The van der Waals surface area contributed by atoms with Crippen molar-refractivity contribution in [3.8, 4) is 0 Å². The van der Waals surface area contributed by atoms with Gasteiger partial charge in [0.25, 0.3) is 0 Å². The van der Waals surface area contributed by atoms with E-state index in [2.05, 4.69) is 9.97 Å². The Hall–Kier alpha value is -1.01. The Morgan fingerprint density at radius 2 is 2.25 bits per heavy atom. The third-order valence-corrected chi connectivity index (χ3v) is 4.19. The Kier molecular flexibility index (Phi) is 4.82. The summed E-state index contributed by atoms with van der Waals surface area (Å²) in [5.41, 5.74) is 6.63. The molecule has 2 N–H and O–H groups in total. The third-order valence-electron chi connectivity index (χ3n) is 2.40. The average Bonchev–Trinajstić information content (AvgIpc) is 2.30. The van der Waals surface area contributed by atoms with Crippen LogP contribution in [-0.4, -0.2) is 29.9 Å². The summed E-state index contributed by atoms with van der Waals surface area (Å²) < 4.78 is 22.5. The summed E-state index contributed by atoms with van der Waals surface area (Å²) in [7, 11) is -2.89. The molecule has 0 fully saturated rings. The SMILES string of the molecule is CCS(=O)(=O)CCCC(N)c1ccncn1. The molecule has 0 aromatic carbocycles. The zero-order valence-corrected chi connectivity index (χ0v) is 10.2. The van der Waals surface area contributed by atoms with Crippen LogP contribution in [-0.2, 0) is 9.84 Å². The Morgan fingerprint density at radius 1 is 1.50 bits per heavy atom. The first-order valence-corrected chi connectivity index (χ1v) is 7.09. The second-order valence-electron chi connectivity index (χ2n) is 3.62. The topological polar surface area (TPSA) is 85.9 Å². The van der Waals surface area contributed by atoms with Crippen molar-refractivity contribution in [1.29, 1.82) is 0 Å². The first-order valence-electron chi connectivity index (χ1n) is 5.27. The fourth-order valence-corrected chi connectivity index (χ4v) is 2.23. The summed E-state index contributed by atoms with van der Waals surface area (Å²) in [6.07, 6.45) is 4.26. The lowest BCUT2D eigenvalue weighted by Gasteiger charge is -2.09. The van der Waals surface area contributed by atoms with E-state index in [9.17, 15) is 8.42 Å². The van der Waals surface area contributed by atoms with Crippen LogP contribution >= 0.6 is 0 Å². The summed E-state index contributed by atoms with van der Waals surface area (Å²) in [6, 6.07) is 1.54. The Labute approximate surface area is 96.0 Å². The van der Waals surface area contributed by atoms with Gasteiger partial charge in [-0.15, -0.1) is 0 Å². The molecule has 0 saturated heterocycles. The molecular weight excluding hydrogens is 226 g/mol. The zero-order valence-electron chi connectivity index (χ0n) is 9.33. The van der Waals surface area contributed by atoms with Crippen LogP contribution in [0.2, 0.25) is 0 Å². The van der Waals surface area contributed by atoms with Gasteiger partial charge in [-0.25, -0.2) is 18.4 Å². The second kappa shape index (κ2) is 5.91. The molecule has 0 spiro atoms. The Morgan fingerprint density at radius 3 is 2.81 bits per heavy atom. The first kappa shape index (κ1) is 13.1. The van der Waals surface area contributed by atoms with Gasteiger partial charge < -0.3 is 5.73 Å². The average molecular weight is 243 g/mol. The lowest BCUT2D eigenvalue weighted by atomic mass is 10.1. The maximum Gasteiger partial charge on any atom is 0.150 e. The van der Waals surface area contributed by atoms with Crippen LogP contribution < -0.4 is 5.73 Å². The number of nitrogens with two attached hydrogens (primary N) is 1. The van der Waals surface area contributed by atoms with Gasteiger partial charge in [0.2, 0.25) is 0 Å². The van der Waals surface area contributed by atoms with Crippen molar-refractivity contribution in [2.45, 2.75) is 25.8 Å². The molecule has 0 radical (unpaired) electrons. The van der Waals surface area contributed by atoms with E-state index in [0.717, 1.165) is 5.69 Å². The monoisotopic (exact) mass is 243 g/mol. The number of sulfone groups is 1. The van der Waals surface area contributed by atoms with Crippen molar-refractivity contribution in [3.05, 3.63) is 24.3 Å². The Bertz CT molecular complexity index is 405. The van der Waals surface area contributed by atoms with Gasteiger partial charge in [-0.1, -0.05) is 6.92 Å². The molecule has 1 aromatic rings. The molecule has 0 aliphatic carbocycles. The van der Waals surface area contributed by atoms with Crippen LogP contribution in [0.3, 0.4) is 0 Å². The molecule has 16 heavy (non-hydrogen) atoms. The molecule has 6 heteroatoms. The van der Waals surface area contributed by atoms with Gasteiger partial charge in [0.05, 0.1) is 11.4 Å². The molecular formula is C10H17N3O2S. The van der Waals surface area contributed by atoms with E-state index in [1.165, 1.54) is 6.33 Å². The van der Waals surface area contributed by atoms with E-state index in [4.69, 9.17) is 5.73 Å². The molecule has 0 saturated carbocycles. The molecule has 1 atom stereocenters. The number of rotatable bonds is 6. The fraction of sp³-hybridized carbons (Fsp3) is 0.600. The molecule has 0 aliphatic heterocycles. The highest BCUT2D eigenvalue weighted by Gasteiger charge is 2.11. The quantitative estimate of drug-likeness (QED) is 0.794. The minimum absolute atomic E-state index is 0.190. The van der Waals surface area contributed by atoms with Crippen molar-refractivity contribution in [3.63, 3.8) is 0 Å². The van der Waals surface area contributed by atoms with Crippen molar-refractivity contribution < 1.29 is 8.42 Å². The minimum atomic E-state index is -2.89. The summed E-state index contributed by atoms with van der Waals surface area (Å²) in [6.45, 7) is 1.65. The van der Waals surface area contributed by atoms with Gasteiger partial charge in [0.15, 0.2) is 0 Å². The van der Waals surface area contributed by atoms with Crippen LogP contribution in [0.5, 0.6) is 0 Å². The number of hydrogen-bond donors (Lipinski definition) is 1. The number of aromatic nitrogens is 2. The van der Waals surface area contributed by atoms with E-state index >= 15 is 0 Å². The van der Waals surface area contributed by atoms with Gasteiger partial charge in [0.1, 0.15) is 16.2 Å². The molecule has 1 unspecified atom stereocenters. The first-order chi connectivity index (χ1) is 7.55. The van der Waals surface area contributed by atoms with E-state index in [1.54, 1.807) is 19.2 Å². The van der Waals surface area contributed by atoms with Gasteiger partial charge in [-0.3, -0.25) is 0 Å². The molecule has 5 nitrogen and oxygen atoms in total. The minimum Gasteiger partial charge on any atom is -0.323 e. The van der Waals surface area contributed by atoms with E-state index < -0.39 is 9.84 Å². The maximum atomic E-state index is 11.3. The predicted molar refractivity (Wildman–Crippen MR) is 62.5 cm³/mol. The highest BCUT2D eigenvalue weighted by Crippen LogP contribution is 2.12. The Balaban J connectivity index is 2.40. The van der Waals surface area contributed by atoms with Crippen LogP contribution in [0.4, 0.5) is 0 Å². The van der Waals surface area contributed by atoms with Crippen molar-refractivity contribution in [1.82, 2.24) is 9.97 Å². The summed E-state index contributed by atoms with van der Waals surface area (Å²) in [5.74, 6) is 0.387. The molecule has 0 aliphatic rings. The van der Waals surface area contributed by atoms with E-state index in [1.807, 2.05) is 0 Å². The van der Waals surface area contributed by atoms with Gasteiger partial charge >= 0.3 is 0 Å². The third kappa shape index (κ3) is 4.24. The highest BCUT2D eigenvalue weighted by molar-refractivity contribution is 7.91. The van der Waals surface area contributed by atoms with Gasteiger partial charge in [0, 0.05) is 18.0 Å². The van der Waals surface area contributed by atoms with Gasteiger partial charge in [-0.2, -0.15) is 0 Å².